The van der Waals surface area contributed by atoms with E-state index in [1.54, 1.807) is 6.20 Å². The van der Waals surface area contributed by atoms with E-state index in [4.69, 9.17) is 5.73 Å². The van der Waals surface area contributed by atoms with Gasteiger partial charge in [-0.1, -0.05) is 6.07 Å². The third-order valence-electron chi connectivity index (χ3n) is 2.96. The maximum absolute atomic E-state index is 5.76. The van der Waals surface area contributed by atoms with Crippen LogP contribution < -0.4 is 10.6 Å². The first kappa shape index (κ1) is 12.4. The molecule has 0 aliphatic heterocycles. The average molecular weight is 242 g/mol. The summed E-state index contributed by atoms with van der Waals surface area (Å²) in [5.41, 5.74) is 8.65. The number of rotatable bonds is 4. The number of pyridine rings is 2. The molecule has 2 aromatic rings. The van der Waals surface area contributed by atoms with E-state index >= 15 is 0 Å². The van der Waals surface area contributed by atoms with E-state index in [1.807, 2.05) is 44.4 Å². The molecule has 2 N–H and O–H groups in total. The zero-order valence-corrected chi connectivity index (χ0v) is 10.8. The molecule has 0 saturated heterocycles. The molecular weight excluding hydrogens is 224 g/mol. The highest BCUT2D eigenvalue weighted by Crippen LogP contribution is 2.16. The first-order valence-corrected chi connectivity index (χ1v) is 6.00. The monoisotopic (exact) mass is 242 g/mol. The van der Waals surface area contributed by atoms with Crippen LogP contribution in [-0.2, 0) is 6.42 Å². The highest BCUT2D eigenvalue weighted by molar-refractivity contribution is 5.51. The van der Waals surface area contributed by atoms with Gasteiger partial charge in [-0.05, 0) is 30.7 Å². The van der Waals surface area contributed by atoms with Crippen molar-refractivity contribution in [2.45, 2.75) is 13.3 Å². The van der Waals surface area contributed by atoms with Gasteiger partial charge in [-0.2, -0.15) is 0 Å². The summed E-state index contributed by atoms with van der Waals surface area (Å²) in [4.78, 5) is 10.8. The Morgan fingerprint density at radius 2 is 2.11 bits per heavy atom. The van der Waals surface area contributed by atoms with Gasteiger partial charge >= 0.3 is 0 Å². The molecule has 2 rings (SSSR count). The molecule has 0 unspecified atom stereocenters. The molecule has 18 heavy (non-hydrogen) atoms. The number of likely N-dealkylation sites (N-methyl/N-ethyl adjacent to an activating group) is 1. The Bertz CT molecular complexity index is 510. The molecule has 94 valence electrons. The lowest BCUT2D eigenvalue weighted by Crippen LogP contribution is -2.21. The Balaban J connectivity index is 1.99. The van der Waals surface area contributed by atoms with Crippen LogP contribution in [0.15, 0.2) is 36.7 Å². The van der Waals surface area contributed by atoms with Crippen molar-refractivity contribution in [1.29, 1.82) is 0 Å². The molecule has 0 bridgehead atoms. The van der Waals surface area contributed by atoms with Gasteiger partial charge in [-0.3, -0.25) is 4.98 Å². The van der Waals surface area contributed by atoms with Gasteiger partial charge in [-0.15, -0.1) is 0 Å². The number of hydrogen-bond donors (Lipinski definition) is 1. The highest BCUT2D eigenvalue weighted by atomic mass is 15.2. The third-order valence-corrected chi connectivity index (χ3v) is 2.96. The van der Waals surface area contributed by atoms with Crippen LogP contribution in [0.5, 0.6) is 0 Å². The van der Waals surface area contributed by atoms with Crippen molar-refractivity contribution in [3.05, 3.63) is 47.9 Å². The van der Waals surface area contributed by atoms with Gasteiger partial charge in [0.05, 0.1) is 11.9 Å². The second-order valence-electron chi connectivity index (χ2n) is 4.39. The number of aromatic nitrogens is 2. The molecule has 2 heterocycles. The SMILES string of the molecule is Cc1cc(N(C)CCc2ccccn2)ncc1N. The van der Waals surface area contributed by atoms with E-state index < -0.39 is 0 Å². The van der Waals surface area contributed by atoms with Crippen molar-refractivity contribution < 1.29 is 0 Å². The fourth-order valence-electron chi connectivity index (χ4n) is 1.70. The fraction of sp³-hybridized carbons (Fsp3) is 0.286. The van der Waals surface area contributed by atoms with Crippen molar-refractivity contribution in [1.82, 2.24) is 9.97 Å². The summed E-state index contributed by atoms with van der Waals surface area (Å²) >= 11 is 0. The second-order valence-corrected chi connectivity index (χ2v) is 4.39. The van der Waals surface area contributed by atoms with Crippen molar-refractivity contribution in [3.8, 4) is 0 Å². The highest BCUT2D eigenvalue weighted by Gasteiger charge is 2.04. The lowest BCUT2D eigenvalue weighted by atomic mass is 10.2. The van der Waals surface area contributed by atoms with Crippen molar-refractivity contribution in [3.63, 3.8) is 0 Å². The summed E-state index contributed by atoms with van der Waals surface area (Å²) in [6.45, 7) is 2.88. The molecule has 0 aliphatic rings. The summed E-state index contributed by atoms with van der Waals surface area (Å²) in [6, 6.07) is 7.98. The van der Waals surface area contributed by atoms with Gasteiger partial charge in [0.1, 0.15) is 5.82 Å². The Hall–Kier alpha value is -2.10. The van der Waals surface area contributed by atoms with Crippen molar-refractivity contribution in [2.24, 2.45) is 0 Å². The topological polar surface area (TPSA) is 55.0 Å². The van der Waals surface area contributed by atoms with Gasteiger partial charge in [0, 0.05) is 31.9 Å². The molecular formula is C14H18N4. The van der Waals surface area contributed by atoms with Crippen LogP contribution >= 0.6 is 0 Å². The van der Waals surface area contributed by atoms with E-state index in [0.717, 1.165) is 35.7 Å². The number of anilines is 2. The molecule has 0 aliphatic carbocycles. The standard InChI is InChI=1S/C14H18N4/c1-11-9-14(17-10-13(11)15)18(2)8-6-12-5-3-4-7-16-12/h3-5,7,9-10H,6,8,15H2,1-2H3. The van der Waals surface area contributed by atoms with Crippen LogP contribution in [0.2, 0.25) is 0 Å². The predicted octanol–water partition coefficient (Wildman–Crippen LogP) is 2.05. The Morgan fingerprint density at radius 3 is 2.78 bits per heavy atom. The molecule has 4 nitrogen and oxygen atoms in total. The minimum Gasteiger partial charge on any atom is -0.397 e. The Labute approximate surface area is 107 Å². The molecule has 0 atom stereocenters. The molecule has 0 spiro atoms. The quantitative estimate of drug-likeness (QED) is 0.891. The molecule has 0 radical (unpaired) electrons. The van der Waals surface area contributed by atoms with Crippen LogP contribution in [0.3, 0.4) is 0 Å². The number of hydrogen-bond acceptors (Lipinski definition) is 4. The zero-order valence-electron chi connectivity index (χ0n) is 10.8. The van der Waals surface area contributed by atoms with E-state index in [1.165, 1.54) is 0 Å². The second kappa shape index (κ2) is 5.49. The van der Waals surface area contributed by atoms with Gasteiger partial charge < -0.3 is 10.6 Å². The van der Waals surface area contributed by atoms with Crippen LogP contribution in [-0.4, -0.2) is 23.6 Å². The zero-order chi connectivity index (χ0) is 13.0. The van der Waals surface area contributed by atoms with E-state index in [2.05, 4.69) is 14.9 Å². The maximum Gasteiger partial charge on any atom is 0.128 e. The van der Waals surface area contributed by atoms with Crippen molar-refractivity contribution in [2.75, 3.05) is 24.2 Å². The minimum absolute atomic E-state index is 0.733. The van der Waals surface area contributed by atoms with Crippen LogP contribution in [0, 0.1) is 6.92 Å². The van der Waals surface area contributed by atoms with E-state index in [-0.39, 0.29) is 0 Å². The van der Waals surface area contributed by atoms with Crippen molar-refractivity contribution >= 4 is 11.5 Å². The number of aryl methyl sites for hydroxylation is 1. The first-order chi connectivity index (χ1) is 8.66. The molecule has 4 heteroatoms. The van der Waals surface area contributed by atoms with Crippen LogP contribution in [0.25, 0.3) is 0 Å². The maximum atomic E-state index is 5.76. The number of nitrogen functional groups attached to an aromatic ring is 1. The molecule has 2 aromatic heterocycles. The van der Waals surface area contributed by atoms with Gasteiger partial charge in [0.2, 0.25) is 0 Å². The lowest BCUT2D eigenvalue weighted by molar-refractivity contribution is 0.838. The minimum atomic E-state index is 0.733. The molecule has 0 amide bonds. The van der Waals surface area contributed by atoms with Gasteiger partial charge in [0.15, 0.2) is 0 Å². The smallest absolute Gasteiger partial charge is 0.128 e. The van der Waals surface area contributed by atoms with Gasteiger partial charge in [-0.25, -0.2) is 4.98 Å². The van der Waals surface area contributed by atoms with Crippen LogP contribution in [0.1, 0.15) is 11.3 Å². The van der Waals surface area contributed by atoms with E-state index in [9.17, 15) is 0 Å². The molecule has 0 saturated carbocycles. The fourth-order valence-corrected chi connectivity index (χ4v) is 1.70. The largest absolute Gasteiger partial charge is 0.397 e. The first-order valence-electron chi connectivity index (χ1n) is 6.00. The molecule has 0 fully saturated rings. The lowest BCUT2D eigenvalue weighted by Gasteiger charge is -2.18. The summed E-state index contributed by atoms with van der Waals surface area (Å²) < 4.78 is 0. The summed E-state index contributed by atoms with van der Waals surface area (Å²) in [5, 5.41) is 0. The Morgan fingerprint density at radius 1 is 1.28 bits per heavy atom. The van der Waals surface area contributed by atoms with Gasteiger partial charge in [0.25, 0.3) is 0 Å². The molecule has 0 aromatic carbocycles. The predicted molar refractivity (Wildman–Crippen MR) is 74.6 cm³/mol. The summed E-state index contributed by atoms with van der Waals surface area (Å²) in [6.07, 6.45) is 4.44. The summed E-state index contributed by atoms with van der Waals surface area (Å²) in [5.74, 6) is 0.942. The summed E-state index contributed by atoms with van der Waals surface area (Å²) in [7, 11) is 2.03. The van der Waals surface area contributed by atoms with Crippen LogP contribution in [0.4, 0.5) is 11.5 Å². The normalized spacial score (nSPS) is 10.3. The van der Waals surface area contributed by atoms with E-state index in [0.29, 0.717) is 0 Å². The number of nitrogens with zero attached hydrogens (tertiary/aromatic N) is 3. The third kappa shape index (κ3) is 2.97. The average Bonchev–Trinajstić information content (AvgIpc) is 2.40. The number of nitrogens with two attached hydrogens (primary N) is 1. The Kier molecular flexibility index (Phi) is 3.77.